The second-order valence-electron chi connectivity index (χ2n) is 7.92. The molecule has 4 rings (SSSR count). The maximum atomic E-state index is 13.3. The maximum Gasteiger partial charge on any atom is 0.322 e. The van der Waals surface area contributed by atoms with Gasteiger partial charge in [0.2, 0.25) is 5.91 Å². The van der Waals surface area contributed by atoms with E-state index in [-0.39, 0.29) is 24.5 Å². The summed E-state index contributed by atoms with van der Waals surface area (Å²) in [5.74, 6) is -0.0379. The molecular weight excluding hydrogens is 406 g/mol. The van der Waals surface area contributed by atoms with Gasteiger partial charge in [-0.25, -0.2) is 4.79 Å². The van der Waals surface area contributed by atoms with Gasteiger partial charge in [0.25, 0.3) is 0 Å². The lowest BCUT2D eigenvalue weighted by Crippen LogP contribution is -2.45. The van der Waals surface area contributed by atoms with Crippen LogP contribution in [0.4, 0.5) is 10.5 Å². The van der Waals surface area contributed by atoms with Gasteiger partial charge >= 0.3 is 6.03 Å². The predicted octanol–water partition coefficient (Wildman–Crippen LogP) is 5.28. The molecule has 2 aromatic carbocycles. The summed E-state index contributed by atoms with van der Waals surface area (Å²) in [4.78, 5) is 31.0. The molecule has 3 amide bonds. The van der Waals surface area contributed by atoms with Gasteiger partial charge in [-0.2, -0.15) is 0 Å². The molecule has 31 heavy (non-hydrogen) atoms. The van der Waals surface area contributed by atoms with Crippen LogP contribution in [0.5, 0.6) is 0 Å². The summed E-state index contributed by atoms with van der Waals surface area (Å²) >= 11 is 1.64. The molecule has 1 N–H and O–H groups in total. The summed E-state index contributed by atoms with van der Waals surface area (Å²) in [6, 6.07) is 21.6. The van der Waals surface area contributed by atoms with Crippen LogP contribution in [0.15, 0.2) is 72.1 Å². The van der Waals surface area contributed by atoms with Crippen molar-refractivity contribution in [2.24, 2.45) is 0 Å². The minimum Gasteiger partial charge on any atom is -0.332 e. The van der Waals surface area contributed by atoms with Crippen molar-refractivity contribution in [2.75, 3.05) is 11.9 Å². The van der Waals surface area contributed by atoms with Crippen molar-refractivity contribution >= 4 is 29.0 Å². The third-order valence-electron chi connectivity index (χ3n) is 5.44. The van der Waals surface area contributed by atoms with Gasteiger partial charge in [-0.3, -0.25) is 4.79 Å². The smallest absolute Gasteiger partial charge is 0.322 e. The quantitative estimate of drug-likeness (QED) is 0.525. The van der Waals surface area contributed by atoms with Crippen LogP contribution in [-0.4, -0.2) is 34.3 Å². The fourth-order valence-corrected chi connectivity index (χ4v) is 4.24. The number of para-hydroxylation sites is 1. The van der Waals surface area contributed by atoms with Gasteiger partial charge in [0.15, 0.2) is 0 Å². The molecule has 160 valence electrons. The summed E-state index contributed by atoms with van der Waals surface area (Å²) in [6.07, 6.45) is 1.89. The highest BCUT2D eigenvalue weighted by Gasteiger charge is 2.35. The first-order valence-electron chi connectivity index (χ1n) is 10.6. The third kappa shape index (κ3) is 5.73. The molecule has 3 aromatic rings. The molecule has 1 fully saturated rings. The SMILES string of the molecule is Cc1ccccc1NC(=O)N(CC(=O)N(Cc1ccccc1)Cc1cccs1)C1CC1. The second kappa shape index (κ2) is 9.79. The molecule has 6 heteroatoms. The van der Waals surface area contributed by atoms with Gasteiger partial charge in [-0.15, -0.1) is 11.3 Å². The van der Waals surface area contributed by atoms with Crippen molar-refractivity contribution in [3.8, 4) is 0 Å². The number of anilines is 1. The molecule has 0 spiro atoms. The van der Waals surface area contributed by atoms with Crippen LogP contribution in [0.2, 0.25) is 0 Å². The van der Waals surface area contributed by atoms with Crippen molar-refractivity contribution in [1.29, 1.82) is 0 Å². The Hall–Kier alpha value is -3.12. The Morgan fingerprint density at radius 1 is 0.968 bits per heavy atom. The molecule has 0 atom stereocenters. The van der Waals surface area contributed by atoms with E-state index in [0.717, 1.165) is 34.5 Å². The average Bonchev–Trinajstić information content (AvgIpc) is 3.49. The zero-order chi connectivity index (χ0) is 21.6. The highest BCUT2D eigenvalue weighted by Crippen LogP contribution is 2.28. The minimum absolute atomic E-state index is 0.0379. The summed E-state index contributed by atoms with van der Waals surface area (Å²) < 4.78 is 0. The Bertz CT molecular complexity index is 1020. The number of hydrogen-bond donors (Lipinski definition) is 1. The van der Waals surface area contributed by atoms with Gasteiger partial charge in [-0.1, -0.05) is 54.6 Å². The van der Waals surface area contributed by atoms with E-state index in [1.54, 1.807) is 16.2 Å². The Kier molecular flexibility index (Phi) is 6.67. The van der Waals surface area contributed by atoms with E-state index in [0.29, 0.717) is 13.1 Å². The zero-order valence-electron chi connectivity index (χ0n) is 17.7. The van der Waals surface area contributed by atoms with Crippen LogP contribution < -0.4 is 5.32 Å². The van der Waals surface area contributed by atoms with E-state index in [1.807, 2.05) is 83.9 Å². The maximum absolute atomic E-state index is 13.3. The summed E-state index contributed by atoms with van der Waals surface area (Å²) in [5, 5.41) is 5.01. The normalized spacial score (nSPS) is 12.9. The molecule has 0 aliphatic heterocycles. The predicted molar refractivity (Wildman–Crippen MR) is 125 cm³/mol. The average molecular weight is 434 g/mol. The third-order valence-corrected chi connectivity index (χ3v) is 6.30. The number of hydrogen-bond acceptors (Lipinski definition) is 3. The lowest BCUT2D eigenvalue weighted by Gasteiger charge is -2.28. The fraction of sp³-hybridized carbons (Fsp3) is 0.280. The molecule has 0 radical (unpaired) electrons. The summed E-state index contributed by atoms with van der Waals surface area (Å²) in [7, 11) is 0. The number of rotatable bonds is 8. The van der Waals surface area contributed by atoms with E-state index in [1.165, 1.54) is 0 Å². The number of thiophene rings is 1. The highest BCUT2D eigenvalue weighted by atomic mass is 32.1. The Labute approximate surface area is 187 Å². The van der Waals surface area contributed by atoms with Crippen molar-refractivity contribution in [1.82, 2.24) is 9.80 Å². The summed E-state index contributed by atoms with van der Waals surface area (Å²) in [6.45, 7) is 3.12. The molecule has 1 aromatic heterocycles. The van der Waals surface area contributed by atoms with E-state index >= 15 is 0 Å². The second-order valence-corrected chi connectivity index (χ2v) is 8.95. The van der Waals surface area contributed by atoms with Gasteiger partial charge in [-0.05, 0) is 48.4 Å². The zero-order valence-corrected chi connectivity index (χ0v) is 18.5. The van der Waals surface area contributed by atoms with Crippen LogP contribution >= 0.6 is 11.3 Å². The van der Waals surface area contributed by atoms with Crippen LogP contribution in [0, 0.1) is 6.92 Å². The monoisotopic (exact) mass is 433 g/mol. The van der Waals surface area contributed by atoms with E-state index in [9.17, 15) is 9.59 Å². The molecule has 5 nitrogen and oxygen atoms in total. The molecule has 0 saturated heterocycles. The Morgan fingerprint density at radius 2 is 1.71 bits per heavy atom. The number of carbonyl (C=O) groups excluding carboxylic acids is 2. The molecule has 1 aliphatic carbocycles. The number of aryl methyl sites for hydroxylation is 1. The molecule has 0 unspecified atom stereocenters. The van der Waals surface area contributed by atoms with Crippen molar-refractivity contribution < 1.29 is 9.59 Å². The number of benzene rings is 2. The van der Waals surface area contributed by atoms with Crippen LogP contribution in [-0.2, 0) is 17.9 Å². The van der Waals surface area contributed by atoms with Crippen molar-refractivity contribution in [2.45, 2.75) is 38.9 Å². The first-order chi connectivity index (χ1) is 15.1. The number of urea groups is 1. The standard InChI is InChI=1S/C25H27N3O2S/c1-19-8-5-6-12-23(19)26-25(30)28(21-13-14-21)18-24(29)27(17-22-11-7-15-31-22)16-20-9-3-2-4-10-20/h2-12,15,21H,13-14,16-18H2,1H3,(H,26,30). The molecule has 1 aliphatic rings. The molecule has 1 heterocycles. The van der Waals surface area contributed by atoms with Gasteiger partial charge < -0.3 is 15.1 Å². The highest BCUT2D eigenvalue weighted by molar-refractivity contribution is 7.09. The molecule has 0 bridgehead atoms. The van der Waals surface area contributed by atoms with E-state index < -0.39 is 0 Å². The van der Waals surface area contributed by atoms with Gasteiger partial charge in [0.1, 0.15) is 6.54 Å². The van der Waals surface area contributed by atoms with Crippen LogP contribution in [0.1, 0.15) is 28.8 Å². The molecular formula is C25H27N3O2S. The topological polar surface area (TPSA) is 52.7 Å². The number of nitrogens with one attached hydrogen (secondary N) is 1. The molecule has 1 saturated carbocycles. The number of nitrogens with zero attached hydrogens (tertiary/aromatic N) is 2. The largest absolute Gasteiger partial charge is 0.332 e. The van der Waals surface area contributed by atoms with Gasteiger partial charge in [0, 0.05) is 23.2 Å². The van der Waals surface area contributed by atoms with E-state index in [2.05, 4.69) is 5.32 Å². The first-order valence-corrected chi connectivity index (χ1v) is 11.5. The Balaban J connectivity index is 1.48. The van der Waals surface area contributed by atoms with Crippen LogP contribution in [0.25, 0.3) is 0 Å². The number of carbonyl (C=O) groups is 2. The number of amides is 3. The Morgan fingerprint density at radius 3 is 2.39 bits per heavy atom. The van der Waals surface area contributed by atoms with Gasteiger partial charge in [0.05, 0.1) is 6.54 Å². The summed E-state index contributed by atoms with van der Waals surface area (Å²) in [5.41, 5.74) is 2.86. The van der Waals surface area contributed by atoms with Crippen molar-refractivity contribution in [3.63, 3.8) is 0 Å². The lowest BCUT2D eigenvalue weighted by molar-refractivity contribution is -0.133. The lowest BCUT2D eigenvalue weighted by atomic mass is 10.2. The minimum atomic E-state index is -0.207. The van der Waals surface area contributed by atoms with Crippen LogP contribution in [0.3, 0.4) is 0 Å². The van der Waals surface area contributed by atoms with Crippen molar-refractivity contribution in [3.05, 3.63) is 88.1 Å². The first kappa shape index (κ1) is 21.1. The van der Waals surface area contributed by atoms with E-state index in [4.69, 9.17) is 0 Å². The fourth-order valence-electron chi connectivity index (χ4n) is 3.53.